The maximum atomic E-state index is 8.82. The molecule has 0 atom stereocenters. The van der Waals surface area contributed by atoms with Crippen LogP contribution in [0.5, 0.6) is 0 Å². The van der Waals surface area contributed by atoms with Crippen LogP contribution in [0.4, 0.5) is 5.69 Å². The second-order valence-corrected chi connectivity index (χ2v) is 2.97. The third-order valence-electron chi connectivity index (χ3n) is 2.22. The quantitative estimate of drug-likeness (QED) is 0.688. The number of nitriles is 1. The number of benzene rings is 1. The van der Waals surface area contributed by atoms with E-state index in [0.717, 1.165) is 30.6 Å². The van der Waals surface area contributed by atoms with Gasteiger partial charge in [-0.1, -0.05) is 6.07 Å². The van der Waals surface area contributed by atoms with Crippen molar-refractivity contribution in [2.24, 2.45) is 0 Å². The van der Waals surface area contributed by atoms with Crippen LogP contribution in [-0.4, -0.2) is 6.54 Å². The molecule has 1 aromatic rings. The molecule has 1 heterocycles. The number of hydrogen-bond acceptors (Lipinski definition) is 2. The Balaban J connectivity index is 0.000000845. The molecule has 0 unspecified atom stereocenters. The Hall–Kier alpha value is -1.20. The van der Waals surface area contributed by atoms with Crippen LogP contribution in [0.15, 0.2) is 18.2 Å². The standard InChI is InChI=1S/C10H10N2.ClH/c11-7-8-3-1-5-10-9(8)4-2-6-12-10;/h1,3,5,12H,2,4,6H2;1H. The minimum atomic E-state index is 0. The highest BCUT2D eigenvalue weighted by Crippen LogP contribution is 2.24. The molecule has 1 aromatic carbocycles. The minimum Gasteiger partial charge on any atom is -0.385 e. The predicted molar refractivity (Wildman–Crippen MR) is 55.2 cm³/mol. The molecule has 68 valence electrons. The summed E-state index contributed by atoms with van der Waals surface area (Å²) < 4.78 is 0. The molecule has 0 aliphatic carbocycles. The SMILES string of the molecule is Cl.N#Cc1cccc2c1CCCN2. The Bertz CT molecular complexity index is 341. The first-order valence-electron chi connectivity index (χ1n) is 4.17. The lowest BCUT2D eigenvalue weighted by Crippen LogP contribution is -2.12. The molecular formula is C10H11ClN2. The van der Waals surface area contributed by atoms with Crippen LogP contribution in [0.1, 0.15) is 17.5 Å². The van der Waals surface area contributed by atoms with E-state index in [4.69, 9.17) is 5.26 Å². The van der Waals surface area contributed by atoms with Crippen LogP contribution in [0.2, 0.25) is 0 Å². The molecule has 0 saturated heterocycles. The number of rotatable bonds is 0. The average molecular weight is 195 g/mol. The fourth-order valence-corrected chi connectivity index (χ4v) is 1.61. The first-order chi connectivity index (χ1) is 5.92. The Morgan fingerprint density at radius 3 is 3.00 bits per heavy atom. The predicted octanol–water partition coefficient (Wildman–Crippen LogP) is 2.34. The van der Waals surface area contributed by atoms with Gasteiger partial charge in [-0.05, 0) is 30.5 Å². The molecule has 0 radical (unpaired) electrons. The summed E-state index contributed by atoms with van der Waals surface area (Å²) in [5.41, 5.74) is 3.14. The lowest BCUT2D eigenvalue weighted by atomic mass is 9.98. The van der Waals surface area contributed by atoms with E-state index in [-0.39, 0.29) is 12.4 Å². The topological polar surface area (TPSA) is 35.8 Å². The van der Waals surface area contributed by atoms with E-state index in [1.165, 1.54) is 5.56 Å². The first-order valence-corrected chi connectivity index (χ1v) is 4.17. The second-order valence-electron chi connectivity index (χ2n) is 2.97. The van der Waals surface area contributed by atoms with Crippen molar-refractivity contribution in [3.63, 3.8) is 0 Å². The van der Waals surface area contributed by atoms with E-state index in [9.17, 15) is 0 Å². The van der Waals surface area contributed by atoms with Gasteiger partial charge in [-0.25, -0.2) is 0 Å². The maximum Gasteiger partial charge on any atom is 0.0995 e. The summed E-state index contributed by atoms with van der Waals surface area (Å²) in [6.45, 7) is 1.03. The summed E-state index contributed by atoms with van der Waals surface area (Å²) >= 11 is 0. The zero-order valence-corrected chi connectivity index (χ0v) is 8.03. The number of nitrogens with zero attached hydrogens (tertiary/aromatic N) is 1. The van der Waals surface area contributed by atoms with Crippen LogP contribution in [-0.2, 0) is 6.42 Å². The van der Waals surface area contributed by atoms with Crippen molar-refractivity contribution in [1.82, 2.24) is 0 Å². The van der Waals surface area contributed by atoms with Crippen LogP contribution in [0.25, 0.3) is 0 Å². The smallest absolute Gasteiger partial charge is 0.0995 e. The summed E-state index contributed by atoms with van der Waals surface area (Å²) in [5.74, 6) is 0. The van der Waals surface area contributed by atoms with E-state index in [1.54, 1.807) is 0 Å². The van der Waals surface area contributed by atoms with Gasteiger partial charge < -0.3 is 5.32 Å². The van der Waals surface area contributed by atoms with Crippen molar-refractivity contribution in [2.75, 3.05) is 11.9 Å². The van der Waals surface area contributed by atoms with Crippen LogP contribution >= 0.6 is 12.4 Å². The lowest BCUT2D eigenvalue weighted by Gasteiger charge is -2.18. The second kappa shape index (κ2) is 4.15. The van der Waals surface area contributed by atoms with Gasteiger partial charge in [0.25, 0.3) is 0 Å². The maximum absolute atomic E-state index is 8.82. The molecule has 2 nitrogen and oxygen atoms in total. The Labute approximate surface area is 84.0 Å². The van der Waals surface area contributed by atoms with Gasteiger partial charge in [0.2, 0.25) is 0 Å². The highest BCUT2D eigenvalue weighted by Gasteiger charge is 2.10. The molecule has 13 heavy (non-hydrogen) atoms. The van der Waals surface area contributed by atoms with Gasteiger partial charge in [0.05, 0.1) is 11.6 Å². The Kier molecular flexibility index (Phi) is 3.16. The van der Waals surface area contributed by atoms with E-state index >= 15 is 0 Å². The van der Waals surface area contributed by atoms with Gasteiger partial charge in [0, 0.05) is 12.2 Å². The molecule has 1 aliphatic heterocycles. The monoisotopic (exact) mass is 194 g/mol. The zero-order chi connectivity index (χ0) is 8.39. The molecular weight excluding hydrogens is 184 g/mol. The van der Waals surface area contributed by atoms with Crippen molar-refractivity contribution >= 4 is 18.1 Å². The number of nitrogens with one attached hydrogen (secondary N) is 1. The number of halogens is 1. The molecule has 1 aliphatic rings. The average Bonchev–Trinajstić information content (AvgIpc) is 2.17. The van der Waals surface area contributed by atoms with E-state index < -0.39 is 0 Å². The molecule has 3 heteroatoms. The number of anilines is 1. The largest absolute Gasteiger partial charge is 0.385 e. The molecule has 0 spiro atoms. The molecule has 0 fully saturated rings. The van der Waals surface area contributed by atoms with Gasteiger partial charge in [0.1, 0.15) is 0 Å². The Morgan fingerprint density at radius 2 is 2.23 bits per heavy atom. The fourth-order valence-electron chi connectivity index (χ4n) is 1.61. The van der Waals surface area contributed by atoms with Crippen molar-refractivity contribution in [3.8, 4) is 6.07 Å². The van der Waals surface area contributed by atoms with Crippen molar-refractivity contribution in [2.45, 2.75) is 12.8 Å². The van der Waals surface area contributed by atoms with E-state index in [2.05, 4.69) is 11.4 Å². The number of hydrogen-bond donors (Lipinski definition) is 1. The molecule has 0 amide bonds. The molecule has 0 aromatic heterocycles. The zero-order valence-electron chi connectivity index (χ0n) is 7.21. The normalized spacial score (nSPS) is 13.2. The van der Waals surface area contributed by atoms with Crippen molar-refractivity contribution in [1.29, 1.82) is 5.26 Å². The number of fused-ring (bicyclic) bond motifs is 1. The van der Waals surface area contributed by atoms with Gasteiger partial charge >= 0.3 is 0 Å². The van der Waals surface area contributed by atoms with Crippen LogP contribution in [0.3, 0.4) is 0 Å². The molecule has 1 N–H and O–H groups in total. The van der Waals surface area contributed by atoms with Crippen molar-refractivity contribution in [3.05, 3.63) is 29.3 Å². The third-order valence-corrected chi connectivity index (χ3v) is 2.22. The minimum absolute atomic E-state index is 0. The molecule has 2 rings (SSSR count). The summed E-state index contributed by atoms with van der Waals surface area (Å²) in [7, 11) is 0. The molecule has 0 bridgehead atoms. The first kappa shape index (κ1) is 9.88. The van der Waals surface area contributed by atoms with Crippen LogP contribution in [0, 0.1) is 11.3 Å². The van der Waals surface area contributed by atoms with Crippen LogP contribution < -0.4 is 5.32 Å². The summed E-state index contributed by atoms with van der Waals surface area (Å²) in [5, 5.41) is 12.1. The molecule has 0 saturated carbocycles. The van der Waals surface area contributed by atoms with Gasteiger partial charge in [-0.2, -0.15) is 5.26 Å². The summed E-state index contributed by atoms with van der Waals surface area (Å²) in [6, 6.07) is 8.06. The summed E-state index contributed by atoms with van der Waals surface area (Å²) in [6.07, 6.45) is 2.16. The fraction of sp³-hybridized carbons (Fsp3) is 0.300. The van der Waals surface area contributed by atoms with E-state index in [0.29, 0.717) is 0 Å². The third kappa shape index (κ3) is 1.76. The summed E-state index contributed by atoms with van der Waals surface area (Å²) in [4.78, 5) is 0. The lowest BCUT2D eigenvalue weighted by molar-refractivity contribution is 0.828. The highest BCUT2D eigenvalue weighted by molar-refractivity contribution is 5.85. The Morgan fingerprint density at radius 1 is 1.38 bits per heavy atom. The van der Waals surface area contributed by atoms with Crippen molar-refractivity contribution < 1.29 is 0 Å². The highest BCUT2D eigenvalue weighted by atomic mass is 35.5. The van der Waals surface area contributed by atoms with Gasteiger partial charge in [-0.15, -0.1) is 12.4 Å². The van der Waals surface area contributed by atoms with E-state index in [1.807, 2.05) is 18.2 Å². The van der Waals surface area contributed by atoms with Gasteiger partial charge in [0.15, 0.2) is 0 Å². The van der Waals surface area contributed by atoms with Gasteiger partial charge in [-0.3, -0.25) is 0 Å².